The van der Waals surface area contributed by atoms with E-state index < -0.39 is 5.92 Å². The molecule has 0 saturated heterocycles. The largest absolute Gasteiger partial charge is 0.348 e. The number of benzene rings is 1. The Bertz CT molecular complexity index is 1360. The van der Waals surface area contributed by atoms with Crippen molar-refractivity contribution in [2.24, 2.45) is 11.8 Å². The topological polar surface area (TPSA) is 87.7 Å². The average molecular weight is 573 g/mol. The fourth-order valence-corrected chi connectivity index (χ4v) is 6.49. The van der Waals surface area contributed by atoms with E-state index in [4.69, 9.17) is 15.1 Å². The third kappa shape index (κ3) is 6.78. The van der Waals surface area contributed by atoms with Crippen LogP contribution >= 0.6 is 11.3 Å². The van der Waals surface area contributed by atoms with Gasteiger partial charge >= 0.3 is 0 Å². The van der Waals surface area contributed by atoms with Gasteiger partial charge in [0.05, 0.1) is 16.6 Å². The lowest BCUT2D eigenvalue weighted by Crippen LogP contribution is -2.34. The van der Waals surface area contributed by atoms with E-state index in [1.54, 1.807) is 11.3 Å². The summed E-state index contributed by atoms with van der Waals surface area (Å²) in [5, 5.41) is 15.7. The molecule has 0 aliphatic carbocycles. The van der Waals surface area contributed by atoms with Crippen molar-refractivity contribution in [1.29, 1.82) is 5.26 Å². The third-order valence-corrected chi connectivity index (χ3v) is 9.12. The molecule has 218 valence electrons. The summed E-state index contributed by atoms with van der Waals surface area (Å²) >= 11 is 1.69. The van der Waals surface area contributed by atoms with Crippen molar-refractivity contribution in [3.63, 3.8) is 0 Å². The molecule has 1 aromatic carbocycles. The molecular weight excluding hydrogens is 528 g/mol. The Morgan fingerprint density at radius 2 is 1.73 bits per heavy atom. The van der Waals surface area contributed by atoms with Gasteiger partial charge in [0.15, 0.2) is 16.8 Å². The molecule has 1 aliphatic heterocycles. The zero-order valence-corrected chi connectivity index (χ0v) is 26.1. The Labute approximate surface area is 249 Å². The number of fused-ring (bicyclic) bond motifs is 1. The molecule has 3 aromatic rings. The summed E-state index contributed by atoms with van der Waals surface area (Å²) in [7, 11) is 0. The van der Waals surface area contributed by atoms with Crippen LogP contribution in [0.1, 0.15) is 113 Å². The van der Waals surface area contributed by atoms with E-state index in [2.05, 4.69) is 56.9 Å². The maximum atomic E-state index is 13.4. The summed E-state index contributed by atoms with van der Waals surface area (Å²) in [6.07, 6.45) is 10.7. The zero-order valence-electron chi connectivity index (χ0n) is 25.3. The van der Waals surface area contributed by atoms with Gasteiger partial charge in [-0.3, -0.25) is 4.79 Å². The monoisotopic (exact) mass is 572 g/mol. The molecule has 0 N–H and O–H groups in total. The molecule has 0 fully saturated rings. The van der Waals surface area contributed by atoms with E-state index in [1.165, 1.54) is 4.68 Å². The second-order valence-corrected chi connectivity index (χ2v) is 12.1. The molecule has 0 radical (unpaired) electrons. The van der Waals surface area contributed by atoms with E-state index >= 15 is 0 Å². The van der Waals surface area contributed by atoms with Crippen molar-refractivity contribution in [2.75, 3.05) is 18.0 Å². The zero-order chi connectivity index (χ0) is 29.4. The number of unbranched alkanes of at least 4 members (excludes halogenated alkanes) is 3. The Kier molecular flexibility index (Phi) is 10.9. The maximum Gasteiger partial charge on any atom is 0.266 e. The average Bonchev–Trinajstić information content (AvgIpc) is 3.62. The number of rotatable bonds is 14. The summed E-state index contributed by atoms with van der Waals surface area (Å²) in [6, 6.07) is 12.5. The second kappa shape index (κ2) is 14.5. The lowest BCUT2D eigenvalue weighted by atomic mass is 9.84. The predicted octanol–water partition coefficient (Wildman–Crippen LogP) is 8.46. The minimum atomic E-state index is -0.808. The highest BCUT2D eigenvalue weighted by atomic mass is 32.1. The van der Waals surface area contributed by atoms with Crippen LogP contribution in [0.15, 0.2) is 30.3 Å². The minimum Gasteiger partial charge on any atom is -0.348 e. The van der Waals surface area contributed by atoms with Crippen molar-refractivity contribution in [2.45, 2.75) is 91.9 Å². The summed E-state index contributed by atoms with van der Waals surface area (Å²) in [6.45, 7) is 12.7. The van der Waals surface area contributed by atoms with Crippen LogP contribution in [0.2, 0.25) is 0 Å². The minimum absolute atomic E-state index is 0.193. The molecule has 41 heavy (non-hydrogen) atoms. The Morgan fingerprint density at radius 3 is 2.34 bits per heavy atom. The van der Waals surface area contributed by atoms with E-state index in [-0.39, 0.29) is 17.7 Å². The maximum absolute atomic E-state index is 13.4. The molecule has 0 amide bonds. The van der Waals surface area contributed by atoms with Gasteiger partial charge in [-0.05, 0) is 31.8 Å². The third-order valence-electron chi connectivity index (χ3n) is 8.06. The second-order valence-electron chi connectivity index (χ2n) is 11.1. The SMILES string of the molecule is CCCCC(CC)c1nc2n(n1)C(=O)C(C#N)C(C)/C2=C\c1sc(N(CCCC)CCCC)nc1-c1ccccc1. The molecule has 4 rings (SSSR count). The number of anilines is 1. The predicted molar refractivity (Wildman–Crippen MR) is 169 cm³/mol. The van der Waals surface area contributed by atoms with Crippen LogP contribution in [0.5, 0.6) is 0 Å². The van der Waals surface area contributed by atoms with Crippen LogP contribution in [0.3, 0.4) is 0 Å². The highest BCUT2D eigenvalue weighted by Crippen LogP contribution is 2.41. The first-order chi connectivity index (χ1) is 20.0. The smallest absolute Gasteiger partial charge is 0.266 e. The van der Waals surface area contributed by atoms with Crippen molar-refractivity contribution < 1.29 is 4.79 Å². The number of carbonyl (C=O) groups excluding carboxylic acids is 1. The number of thiazole rings is 1. The number of carbonyl (C=O) groups is 1. The highest BCUT2D eigenvalue weighted by molar-refractivity contribution is 7.17. The van der Waals surface area contributed by atoms with Gasteiger partial charge in [-0.25, -0.2) is 9.97 Å². The van der Waals surface area contributed by atoms with Gasteiger partial charge in [-0.1, -0.05) is 102 Å². The van der Waals surface area contributed by atoms with Crippen LogP contribution in [0.25, 0.3) is 22.9 Å². The first kappa shape index (κ1) is 30.6. The number of aromatic nitrogens is 4. The molecule has 7 nitrogen and oxygen atoms in total. The van der Waals surface area contributed by atoms with Gasteiger partial charge in [0, 0.05) is 36.1 Å². The van der Waals surface area contributed by atoms with Crippen LogP contribution < -0.4 is 4.90 Å². The van der Waals surface area contributed by atoms with E-state index in [9.17, 15) is 10.1 Å². The molecule has 2 aromatic heterocycles. The molecule has 0 saturated carbocycles. The van der Waals surface area contributed by atoms with Crippen LogP contribution in [-0.4, -0.2) is 38.7 Å². The van der Waals surface area contributed by atoms with Gasteiger partial charge in [0.2, 0.25) is 0 Å². The number of nitrogens with zero attached hydrogens (tertiary/aromatic N) is 6. The van der Waals surface area contributed by atoms with Crippen LogP contribution in [-0.2, 0) is 0 Å². The lowest BCUT2D eigenvalue weighted by molar-refractivity contribution is 0.0816. The molecular formula is C33H44N6OS. The number of allylic oxidation sites excluding steroid dienone is 1. The van der Waals surface area contributed by atoms with Crippen molar-refractivity contribution in [3.05, 3.63) is 46.9 Å². The van der Waals surface area contributed by atoms with Gasteiger partial charge in [0.1, 0.15) is 5.92 Å². The molecule has 1 aliphatic rings. The molecule has 3 atom stereocenters. The first-order valence-electron chi connectivity index (χ1n) is 15.4. The summed E-state index contributed by atoms with van der Waals surface area (Å²) in [4.78, 5) is 27.0. The van der Waals surface area contributed by atoms with Crippen LogP contribution in [0, 0.1) is 23.2 Å². The summed E-state index contributed by atoms with van der Waals surface area (Å²) in [5.74, 6) is 0.0741. The molecule has 0 spiro atoms. The fourth-order valence-electron chi connectivity index (χ4n) is 5.40. The van der Waals surface area contributed by atoms with Crippen molar-refractivity contribution in [1.82, 2.24) is 19.7 Å². The number of hydrogen-bond donors (Lipinski definition) is 0. The van der Waals surface area contributed by atoms with Crippen molar-refractivity contribution >= 4 is 34.0 Å². The Hall–Kier alpha value is -3.31. The lowest BCUT2D eigenvalue weighted by Gasteiger charge is -2.25. The van der Waals surface area contributed by atoms with E-state index in [0.717, 1.165) is 91.3 Å². The Balaban J connectivity index is 1.86. The standard InChI is InChI=1S/C33H44N6OS/c1-6-10-16-24(9-4)30-36-31-26(23(5)27(22-34)32(40)39(31)37-30)21-28-29(25-17-14-13-15-18-25)35-33(41-28)38(19-11-7-2)20-12-8-3/h13-15,17-18,21,23-24,27H,6-12,16,19-20H2,1-5H3/b26-21+. The first-order valence-corrected chi connectivity index (χ1v) is 16.2. The summed E-state index contributed by atoms with van der Waals surface area (Å²) in [5.41, 5.74) is 2.85. The quantitative estimate of drug-likeness (QED) is 0.193. The summed E-state index contributed by atoms with van der Waals surface area (Å²) < 4.78 is 1.41. The molecule has 3 heterocycles. The van der Waals surface area contributed by atoms with Crippen LogP contribution in [0.4, 0.5) is 5.13 Å². The Morgan fingerprint density at radius 1 is 1.05 bits per heavy atom. The normalized spacial score (nSPS) is 18.3. The van der Waals surface area contributed by atoms with Gasteiger partial charge in [-0.2, -0.15) is 9.94 Å². The highest BCUT2D eigenvalue weighted by Gasteiger charge is 2.40. The van der Waals surface area contributed by atoms with Gasteiger partial charge in [0.25, 0.3) is 5.91 Å². The molecule has 8 heteroatoms. The number of nitriles is 1. The van der Waals surface area contributed by atoms with Gasteiger partial charge in [-0.15, -0.1) is 5.10 Å². The number of hydrogen-bond acceptors (Lipinski definition) is 7. The van der Waals surface area contributed by atoms with Gasteiger partial charge < -0.3 is 4.90 Å². The van der Waals surface area contributed by atoms with E-state index in [0.29, 0.717) is 11.6 Å². The van der Waals surface area contributed by atoms with Crippen molar-refractivity contribution in [3.8, 4) is 17.3 Å². The molecule has 3 unspecified atom stereocenters. The van der Waals surface area contributed by atoms with E-state index in [1.807, 2.05) is 25.1 Å². The fraction of sp³-hybridized carbons (Fsp3) is 0.545. The molecule has 0 bridgehead atoms.